The molecule has 3 aromatic rings. The number of amides is 1. The van der Waals surface area contributed by atoms with Gasteiger partial charge in [-0.2, -0.15) is 4.31 Å². The highest BCUT2D eigenvalue weighted by Gasteiger charge is 2.27. The van der Waals surface area contributed by atoms with E-state index < -0.39 is 15.9 Å². The number of anilines is 1. The Kier molecular flexibility index (Phi) is 5.53. The Morgan fingerprint density at radius 1 is 1.17 bits per heavy atom. The van der Waals surface area contributed by atoms with Gasteiger partial charge < -0.3 is 14.5 Å². The Labute approximate surface area is 175 Å². The van der Waals surface area contributed by atoms with E-state index in [1.54, 1.807) is 30.3 Å². The van der Waals surface area contributed by atoms with Crippen LogP contribution in [0.4, 0.5) is 5.69 Å². The molecule has 158 valence electrons. The van der Waals surface area contributed by atoms with Crippen LogP contribution in [0.15, 0.2) is 51.8 Å². The van der Waals surface area contributed by atoms with Crippen LogP contribution in [0.3, 0.4) is 0 Å². The van der Waals surface area contributed by atoms with Gasteiger partial charge >= 0.3 is 0 Å². The second-order valence-electron chi connectivity index (χ2n) is 7.24. The lowest BCUT2D eigenvalue weighted by molar-refractivity contribution is 0.0998. The van der Waals surface area contributed by atoms with E-state index in [0.29, 0.717) is 42.3 Å². The number of benzene rings is 2. The molecule has 0 saturated carbocycles. The zero-order valence-corrected chi connectivity index (χ0v) is 17.8. The molecule has 1 aromatic heterocycles. The van der Waals surface area contributed by atoms with Crippen molar-refractivity contribution in [3.63, 3.8) is 0 Å². The number of fused-ring (bicyclic) bond motifs is 1. The Balaban J connectivity index is 1.59. The van der Waals surface area contributed by atoms with Gasteiger partial charge in [0.15, 0.2) is 5.76 Å². The van der Waals surface area contributed by atoms with Crippen molar-refractivity contribution < 1.29 is 22.4 Å². The zero-order chi connectivity index (χ0) is 21.3. The zero-order valence-electron chi connectivity index (χ0n) is 17.0. The molecule has 8 heteroatoms. The minimum atomic E-state index is -3.56. The maximum Gasteiger partial charge on any atom is 0.291 e. The van der Waals surface area contributed by atoms with Crippen LogP contribution >= 0.6 is 0 Å². The van der Waals surface area contributed by atoms with Crippen molar-refractivity contribution in [2.24, 2.45) is 0 Å². The van der Waals surface area contributed by atoms with Gasteiger partial charge in [0.2, 0.25) is 10.0 Å². The average molecular weight is 429 g/mol. The lowest BCUT2D eigenvalue weighted by Gasteiger charge is -2.16. The summed E-state index contributed by atoms with van der Waals surface area (Å²) in [4.78, 5) is 13.0. The van der Waals surface area contributed by atoms with Crippen LogP contribution in [0.5, 0.6) is 5.75 Å². The summed E-state index contributed by atoms with van der Waals surface area (Å²) >= 11 is 0. The third-order valence-corrected chi connectivity index (χ3v) is 7.11. The number of carbonyl (C=O) groups is 1. The molecule has 1 aliphatic rings. The molecule has 0 spiro atoms. The van der Waals surface area contributed by atoms with E-state index in [2.05, 4.69) is 5.32 Å². The molecule has 1 fully saturated rings. The molecule has 0 atom stereocenters. The van der Waals surface area contributed by atoms with Crippen molar-refractivity contribution in [3.05, 3.63) is 53.8 Å². The fourth-order valence-corrected chi connectivity index (χ4v) is 5.24. The van der Waals surface area contributed by atoms with E-state index in [1.165, 1.54) is 10.4 Å². The first kappa shape index (κ1) is 20.4. The largest absolute Gasteiger partial charge is 0.494 e. The number of ether oxygens (including phenoxy) is 1. The van der Waals surface area contributed by atoms with Gasteiger partial charge in [-0.3, -0.25) is 4.79 Å². The monoisotopic (exact) mass is 428 g/mol. The molecule has 2 heterocycles. The Morgan fingerprint density at radius 3 is 2.67 bits per heavy atom. The Hall–Kier alpha value is -2.84. The van der Waals surface area contributed by atoms with E-state index in [1.807, 2.05) is 19.9 Å². The number of aryl methyl sites for hydroxylation is 1. The van der Waals surface area contributed by atoms with Crippen LogP contribution in [0, 0.1) is 6.92 Å². The molecular formula is C22H24N2O5S. The molecule has 4 rings (SSSR count). The molecule has 7 nitrogen and oxygen atoms in total. The minimum absolute atomic E-state index is 0.171. The predicted molar refractivity (Wildman–Crippen MR) is 115 cm³/mol. The van der Waals surface area contributed by atoms with Crippen molar-refractivity contribution in [3.8, 4) is 5.75 Å². The summed E-state index contributed by atoms with van der Waals surface area (Å²) < 4.78 is 38.3. The van der Waals surface area contributed by atoms with Crippen LogP contribution < -0.4 is 10.1 Å². The first-order valence-corrected chi connectivity index (χ1v) is 11.4. The number of hydrogen-bond acceptors (Lipinski definition) is 5. The van der Waals surface area contributed by atoms with E-state index in [-0.39, 0.29) is 10.7 Å². The van der Waals surface area contributed by atoms with Crippen LogP contribution in [-0.4, -0.2) is 38.3 Å². The first-order valence-electron chi connectivity index (χ1n) is 9.97. The fraction of sp³-hybridized carbons (Fsp3) is 0.318. The molecule has 1 amide bonds. The highest BCUT2D eigenvalue weighted by atomic mass is 32.2. The van der Waals surface area contributed by atoms with Crippen LogP contribution in [0.1, 0.15) is 35.9 Å². The standard InChI is InChI=1S/C22H24N2O5S/c1-3-28-17-9-10-20-19(14-17)15(2)21(29-20)22(25)23-16-7-6-8-18(13-16)30(26,27)24-11-4-5-12-24/h6-10,13-14H,3-5,11-12H2,1-2H3,(H,23,25). The van der Waals surface area contributed by atoms with Gasteiger partial charge in [-0.05, 0) is 63.1 Å². The molecule has 1 N–H and O–H groups in total. The molecule has 1 saturated heterocycles. The molecule has 2 aromatic carbocycles. The van der Waals surface area contributed by atoms with Gasteiger partial charge in [0, 0.05) is 29.7 Å². The van der Waals surface area contributed by atoms with Crippen molar-refractivity contribution >= 4 is 32.6 Å². The molecule has 0 unspecified atom stereocenters. The highest BCUT2D eigenvalue weighted by Crippen LogP contribution is 2.30. The number of nitrogens with zero attached hydrogens (tertiary/aromatic N) is 1. The normalized spacial score (nSPS) is 14.9. The second kappa shape index (κ2) is 8.12. The summed E-state index contributed by atoms with van der Waals surface area (Å²) in [5, 5.41) is 3.56. The highest BCUT2D eigenvalue weighted by molar-refractivity contribution is 7.89. The van der Waals surface area contributed by atoms with E-state index in [9.17, 15) is 13.2 Å². The molecule has 1 aliphatic heterocycles. The van der Waals surface area contributed by atoms with Crippen LogP contribution in [0.2, 0.25) is 0 Å². The van der Waals surface area contributed by atoms with E-state index in [4.69, 9.17) is 9.15 Å². The Morgan fingerprint density at radius 2 is 1.93 bits per heavy atom. The quantitative estimate of drug-likeness (QED) is 0.636. The van der Waals surface area contributed by atoms with Gasteiger partial charge in [0.05, 0.1) is 11.5 Å². The first-order chi connectivity index (χ1) is 14.4. The number of sulfonamides is 1. The maximum atomic E-state index is 12.8. The van der Waals surface area contributed by atoms with Crippen molar-refractivity contribution in [2.75, 3.05) is 25.0 Å². The number of furan rings is 1. The lowest BCUT2D eigenvalue weighted by atomic mass is 10.1. The van der Waals surface area contributed by atoms with Crippen LogP contribution in [0.25, 0.3) is 11.0 Å². The summed E-state index contributed by atoms with van der Waals surface area (Å²) in [6.07, 6.45) is 1.73. The van der Waals surface area contributed by atoms with E-state index in [0.717, 1.165) is 18.2 Å². The lowest BCUT2D eigenvalue weighted by Crippen LogP contribution is -2.27. The smallest absolute Gasteiger partial charge is 0.291 e. The second-order valence-corrected chi connectivity index (χ2v) is 9.18. The minimum Gasteiger partial charge on any atom is -0.494 e. The summed E-state index contributed by atoms with van der Waals surface area (Å²) in [6, 6.07) is 11.7. The van der Waals surface area contributed by atoms with Gasteiger partial charge in [0.25, 0.3) is 5.91 Å². The molecular weight excluding hydrogens is 404 g/mol. The molecule has 0 radical (unpaired) electrons. The fourth-order valence-electron chi connectivity index (χ4n) is 3.67. The summed E-state index contributed by atoms with van der Waals surface area (Å²) in [7, 11) is -3.56. The molecule has 0 aliphatic carbocycles. The topological polar surface area (TPSA) is 88.8 Å². The third kappa shape index (κ3) is 3.80. The van der Waals surface area contributed by atoms with E-state index >= 15 is 0 Å². The third-order valence-electron chi connectivity index (χ3n) is 5.22. The maximum absolute atomic E-state index is 12.8. The average Bonchev–Trinajstić information content (AvgIpc) is 3.38. The Bertz CT molecular complexity index is 1190. The number of hydrogen-bond donors (Lipinski definition) is 1. The van der Waals surface area contributed by atoms with Gasteiger partial charge in [-0.1, -0.05) is 6.07 Å². The van der Waals surface area contributed by atoms with Gasteiger partial charge in [-0.25, -0.2) is 8.42 Å². The number of carbonyl (C=O) groups excluding carboxylic acids is 1. The van der Waals surface area contributed by atoms with Crippen molar-refractivity contribution in [1.82, 2.24) is 4.31 Å². The SMILES string of the molecule is CCOc1ccc2oc(C(=O)Nc3cccc(S(=O)(=O)N4CCCC4)c3)c(C)c2c1. The summed E-state index contributed by atoms with van der Waals surface area (Å²) in [6.45, 7) is 5.32. The van der Waals surface area contributed by atoms with Crippen molar-refractivity contribution in [1.29, 1.82) is 0 Å². The van der Waals surface area contributed by atoms with Gasteiger partial charge in [0.1, 0.15) is 11.3 Å². The van der Waals surface area contributed by atoms with Crippen molar-refractivity contribution in [2.45, 2.75) is 31.6 Å². The predicted octanol–water partition coefficient (Wildman–Crippen LogP) is 4.18. The van der Waals surface area contributed by atoms with Gasteiger partial charge in [-0.15, -0.1) is 0 Å². The number of nitrogens with one attached hydrogen (secondary N) is 1. The molecule has 30 heavy (non-hydrogen) atoms. The summed E-state index contributed by atoms with van der Waals surface area (Å²) in [5.74, 6) is 0.463. The number of rotatable bonds is 6. The molecule has 0 bridgehead atoms. The summed E-state index contributed by atoms with van der Waals surface area (Å²) in [5.41, 5.74) is 1.69. The van der Waals surface area contributed by atoms with Crippen LogP contribution in [-0.2, 0) is 10.0 Å².